The normalized spacial score (nSPS) is 13.1. The van der Waals surface area contributed by atoms with E-state index in [1.807, 2.05) is 18.2 Å². The molecule has 92 valence electrons. The van der Waals surface area contributed by atoms with Crippen molar-refractivity contribution in [3.8, 4) is 0 Å². The van der Waals surface area contributed by atoms with Crippen molar-refractivity contribution in [3.63, 3.8) is 0 Å². The molecule has 0 amide bonds. The van der Waals surface area contributed by atoms with Gasteiger partial charge in [0.25, 0.3) is 0 Å². The van der Waals surface area contributed by atoms with Crippen LogP contribution in [-0.4, -0.2) is 26.8 Å². The number of nitrogens with one attached hydrogen (secondary N) is 1. The van der Waals surface area contributed by atoms with E-state index in [2.05, 4.69) is 11.4 Å². The zero-order valence-corrected chi connectivity index (χ0v) is 9.98. The summed E-state index contributed by atoms with van der Waals surface area (Å²) in [5.74, 6) is 0. The second-order valence-electron chi connectivity index (χ2n) is 3.92. The molecule has 0 aliphatic rings. The Morgan fingerprint density at radius 3 is 3.00 bits per heavy atom. The summed E-state index contributed by atoms with van der Waals surface area (Å²) in [5.41, 5.74) is 7.80. The van der Waals surface area contributed by atoms with Crippen LogP contribution >= 0.6 is 0 Å². The fraction of sp³-hybridized carbons (Fsp3) is 0.385. The van der Waals surface area contributed by atoms with Crippen LogP contribution in [0.4, 0.5) is 0 Å². The van der Waals surface area contributed by atoms with Crippen LogP contribution in [-0.2, 0) is 4.74 Å². The average Bonchev–Trinajstić information content (AvgIpc) is 2.79. The Morgan fingerprint density at radius 2 is 2.24 bits per heavy atom. The molecule has 0 saturated heterocycles. The predicted octanol–water partition coefficient (Wildman–Crippen LogP) is 1.67. The van der Waals surface area contributed by atoms with Gasteiger partial charge in [-0.1, -0.05) is 18.2 Å². The first kappa shape index (κ1) is 12.1. The summed E-state index contributed by atoms with van der Waals surface area (Å²) >= 11 is 0. The van der Waals surface area contributed by atoms with Gasteiger partial charge in [0.15, 0.2) is 0 Å². The minimum Gasteiger partial charge on any atom is -0.464 e. The molecule has 1 aromatic heterocycles. The van der Waals surface area contributed by atoms with Crippen LogP contribution in [0, 0.1) is 0 Å². The molecule has 0 radical (unpaired) electrons. The molecule has 0 aliphatic heterocycles. The van der Waals surface area contributed by atoms with Crippen LogP contribution in [0.25, 0.3) is 11.0 Å². The Morgan fingerprint density at radius 1 is 1.41 bits per heavy atom. The average molecular weight is 234 g/mol. The van der Waals surface area contributed by atoms with Crippen molar-refractivity contribution < 1.29 is 9.15 Å². The molecule has 0 bridgehead atoms. The van der Waals surface area contributed by atoms with Gasteiger partial charge in [-0.25, -0.2) is 0 Å². The Bertz CT molecular complexity index is 467. The molecule has 17 heavy (non-hydrogen) atoms. The number of hydrogen-bond acceptors (Lipinski definition) is 4. The predicted molar refractivity (Wildman–Crippen MR) is 67.9 cm³/mol. The largest absolute Gasteiger partial charge is 0.464 e. The van der Waals surface area contributed by atoms with Gasteiger partial charge in [-0.3, -0.25) is 0 Å². The number of fused-ring (bicyclic) bond motifs is 1. The molecular formula is C13H18N2O2. The van der Waals surface area contributed by atoms with Gasteiger partial charge in [-0.15, -0.1) is 0 Å². The SMILES string of the molecule is COCCNC(CN)c1coc2ccccc12. The molecule has 0 aliphatic carbocycles. The first-order chi connectivity index (χ1) is 8.36. The van der Waals surface area contributed by atoms with Gasteiger partial charge in [0.2, 0.25) is 0 Å². The van der Waals surface area contributed by atoms with E-state index in [0.717, 1.165) is 23.1 Å². The third-order valence-corrected chi connectivity index (χ3v) is 2.82. The van der Waals surface area contributed by atoms with E-state index in [0.29, 0.717) is 13.2 Å². The topological polar surface area (TPSA) is 60.4 Å². The number of hydrogen-bond donors (Lipinski definition) is 2. The molecule has 0 fully saturated rings. The van der Waals surface area contributed by atoms with Crippen molar-refractivity contribution in [3.05, 3.63) is 36.1 Å². The summed E-state index contributed by atoms with van der Waals surface area (Å²) in [5, 5.41) is 4.47. The van der Waals surface area contributed by atoms with E-state index in [1.54, 1.807) is 13.4 Å². The van der Waals surface area contributed by atoms with E-state index >= 15 is 0 Å². The Hall–Kier alpha value is -1.36. The fourth-order valence-electron chi connectivity index (χ4n) is 1.92. The number of ether oxygens (including phenoxy) is 1. The van der Waals surface area contributed by atoms with Crippen molar-refractivity contribution in [2.45, 2.75) is 6.04 Å². The first-order valence-electron chi connectivity index (χ1n) is 5.75. The third-order valence-electron chi connectivity index (χ3n) is 2.82. The second-order valence-corrected chi connectivity index (χ2v) is 3.92. The van der Waals surface area contributed by atoms with Gasteiger partial charge < -0.3 is 20.2 Å². The summed E-state index contributed by atoms with van der Waals surface area (Å²) in [6.07, 6.45) is 1.78. The zero-order chi connectivity index (χ0) is 12.1. The molecule has 2 rings (SSSR count). The minimum atomic E-state index is 0.105. The Balaban J connectivity index is 2.18. The molecule has 1 aromatic carbocycles. The zero-order valence-electron chi connectivity index (χ0n) is 9.98. The number of furan rings is 1. The summed E-state index contributed by atoms with van der Waals surface area (Å²) in [6, 6.07) is 8.08. The molecule has 4 heteroatoms. The Kier molecular flexibility index (Phi) is 4.14. The van der Waals surface area contributed by atoms with Crippen molar-refractivity contribution in [1.29, 1.82) is 0 Å². The van der Waals surface area contributed by atoms with E-state index in [-0.39, 0.29) is 6.04 Å². The van der Waals surface area contributed by atoms with E-state index in [9.17, 15) is 0 Å². The van der Waals surface area contributed by atoms with Crippen LogP contribution in [0.15, 0.2) is 34.9 Å². The number of methoxy groups -OCH3 is 1. The van der Waals surface area contributed by atoms with Gasteiger partial charge >= 0.3 is 0 Å². The maximum Gasteiger partial charge on any atom is 0.134 e. The lowest BCUT2D eigenvalue weighted by Gasteiger charge is -2.15. The van der Waals surface area contributed by atoms with E-state index in [4.69, 9.17) is 14.9 Å². The van der Waals surface area contributed by atoms with Crippen molar-refractivity contribution in [2.75, 3.05) is 26.8 Å². The molecule has 1 unspecified atom stereocenters. The maximum atomic E-state index is 5.79. The highest BCUT2D eigenvalue weighted by atomic mass is 16.5. The summed E-state index contributed by atoms with van der Waals surface area (Å²) in [6.45, 7) is 1.98. The molecule has 3 N–H and O–H groups in total. The highest BCUT2D eigenvalue weighted by Crippen LogP contribution is 2.25. The standard InChI is InChI=1S/C13H18N2O2/c1-16-7-6-15-12(8-14)11-9-17-13-5-3-2-4-10(11)13/h2-5,9,12,15H,6-8,14H2,1H3. The molecule has 4 nitrogen and oxygen atoms in total. The highest BCUT2D eigenvalue weighted by Gasteiger charge is 2.14. The lowest BCUT2D eigenvalue weighted by molar-refractivity contribution is 0.196. The van der Waals surface area contributed by atoms with Gasteiger partial charge in [0, 0.05) is 37.2 Å². The molecule has 1 heterocycles. The fourth-order valence-corrected chi connectivity index (χ4v) is 1.92. The summed E-state index contributed by atoms with van der Waals surface area (Å²) < 4.78 is 10.5. The molecule has 1 atom stereocenters. The maximum absolute atomic E-state index is 5.79. The monoisotopic (exact) mass is 234 g/mol. The smallest absolute Gasteiger partial charge is 0.134 e. The lowest BCUT2D eigenvalue weighted by atomic mass is 10.1. The number of rotatable bonds is 6. The Labute approximate surface area is 101 Å². The van der Waals surface area contributed by atoms with Gasteiger partial charge in [0.05, 0.1) is 12.9 Å². The quantitative estimate of drug-likeness (QED) is 0.746. The number of para-hydroxylation sites is 1. The second kappa shape index (κ2) is 5.82. The number of nitrogens with two attached hydrogens (primary N) is 1. The van der Waals surface area contributed by atoms with Crippen LogP contribution in [0.1, 0.15) is 11.6 Å². The lowest BCUT2D eigenvalue weighted by Crippen LogP contribution is -2.30. The van der Waals surface area contributed by atoms with Crippen molar-refractivity contribution in [2.24, 2.45) is 5.73 Å². The van der Waals surface area contributed by atoms with E-state index in [1.165, 1.54) is 0 Å². The van der Waals surface area contributed by atoms with E-state index < -0.39 is 0 Å². The van der Waals surface area contributed by atoms with Crippen LogP contribution in [0.2, 0.25) is 0 Å². The number of benzene rings is 1. The first-order valence-corrected chi connectivity index (χ1v) is 5.75. The molecule has 0 spiro atoms. The molecule has 0 saturated carbocycles. The van der Waals surface area contributed by atoms with Gasteiger partial charge in [0.1, 0.15) is 5.58 Å². The molecular weight excluding hydrogens is 216 g/mol. The highest BCUT2D eigenvalue weighted by molar-refractivity contribution is 5.81. The van der Waals surface area contributed by atoms with Crippen molar-refractivity contribution >= 4 is 11.0 Å². The molecule has 2 aromatic rings. The van der Waals surface area contributed by atoms with Gasteiger partial charge in [-0.2, -0.15) is 0 Å². The van der Waals surface area contributed by atoms with Crippen LogP contribution < -0.4 is 11.1 Å². The van der Waals surface area contributed by atoms with Crippen LogP contribution in [0.5, 0.6) is 0 Å². The third kappa shape index (κ3) is 2.66. The van der Waals surface area contributed by atoms with Gasteiger partial charge in [-0.05, 0) is 6.07 Å². The summed E-state index contributed by atoms with van der Waals surface area (Å²) in [7, 11) is 1.69. The summed E-state index contributed by atoms with van der Waals surface area (Å²) in [4.78, 5) is 0. The van der Waals surface area contributed by atoms with Crippen LogP contribution in [0.3, 0.4) is 0 Å². The minimum absolute atomic E-state index is 0.105. The van der Waals surface area contributed by atoms with Crippen molar-refractivity contribution in [1.82, 2.24) is 5.32 Å².